The van der Waals surface area contributed by atoms with Crippen LogP contribution in [0.3, 0.4) is 0 Å². The second kappa shape index (κ2) is 4.25. The number of halogens is 2. The molecule has 0 radical (unpaired) electrons. The molecule has 4 nitrogen and oxygen atoms in total. The lowest BCUT2D eigenvalue weighted by atomic mass is 10.2. The van der Waals surface area contributed by atoms with E-state index in [9.17, 15) is 13.6 Å². The summed E-state index contributed by atoms with van der Waals surface area (Å²) in [5.41, 5.74) is -0.148. The average Bonchev–Trinajstić information content (AvgIpc) is 2.28. The highest BCUT2D eigenvalue weighted by Gasteiger charge is 2.09. The maximum Gasteiger partial charge on any atom is 0.354 e. The van der Waals surface area contributed by atoms with Crippen LogP contribution in [0.4, 0.5) is 8.78 Å². The van der Waals surface area contributed by atoms with Crippen LogP contribution in [-0.2, 0) is 0 Å². The summed E-state index contributed by atoms with van der Waals surface area (Å²) in [6.07, 6.45) is 1.22. The fourth-order valence-corrected chi connectivity index (χ4v) is 1.30. The molecule has 0 unspecified atom stereocenters. The van der Waals surface area contributed by atoms with Crippen LogP contribution in [0.1, 0.15) is 10.5 Å². The molecule has 86 valence electrons. The first-order chi connectivity index (χ1) is 8.06. The van der Waals surface area contributed by atoms with Crippen LogP contribution in [0.15, 0.2) is 30.5 Å². The van der Waals surface area contributed by atoms with Crippen LogP contribution in [0.5, 0.6) is 0 Å². The molecule has 0 aliphatic carbocycles. The Morgan fingerprint density at radius 2 is 1.82 bits per heavy atom. The number of rotatable bonds is 2. The van der Waals surface area contributed by atoms with E-state index in [1.165, 1.54) is 12.3 Å². The Balaban J connectivity index is 2.52. The van der Waals surface area contributed by atoms with Crippen LogP contribution >= 0.6 is 0 Å². The third kappa shape index (κ3) is 2.41. The summed E-state index contributed by atoms with van der Waals surface area (Å²) in [5, 5.41) is 8.73. The molecule has 0 atom stereocenters. The van der Waals surface area contributed by atoms with E-state index in [-0.39, 0.29) is 17.1 Å². The van der Waals surface area contributed by atoms with E-state index in [0.717, 1.165) is 12.1 Å². The molecule has 0 saturated carbocycles. The van der Waals surface area contributed by atoms with E-state index in [2.05, 4.69) is 9.97 Å². The van der Waals surface area contributed by atoms with Gasteiger partial charge in [-0.15, -0.1) is 0 Å². The van der Waals surface area contributed by atoms with Crippen molar-refractivity contribution in [2.24, 2.45) is 0 Å². The second-order valence-corrected chi connectivity index (χ2v) is 3.23. The standard InChI is InChI=1S/C11H6F2N2O2/c12-7-3-6(4-8(13)5-7)10-14-2-1-9(15-10)11(16)17/h1-5H,(H,16,17). The molecular formula is C11H6F2N2O2. The maximum absolute atomic E-state index is 13.0. The molecule has 0 aliphatic rings. The van der Waals surface area contributed by atoms with Gasteiger partial charge in [-0.2, -0.15) is 0 Å². The first-order valence-corrected chi connectivity index (χ1v) is 4.59. The summed E-state index contributed by atoms with van der Waals surface area (Å²) in [4.78, 5) is 18.1. The fourth-order valence-electron chi connectivity index (χ4n) is 1.30. The molecule has 1 aromatic heterocycles. The van der Waals surface area contributed by atoms with Gasteiger partial charge in [-0.05, 0) is 18.2 Å². The van der Waals surface area contributed by atoms with Gasteiger partial charge in [-0.25, -0.2) is 23.5 Å². The summed E-state index contributed by atoms with van der Waals surface area (Å²) < 4.78 is 25.9. The fraction of sp³-hybridized carbons (Fsp3) is 0. The van der Waals surface area contributed by atoms with Crippen LogP contribution < -0.4 is 0 Å². The Bertz CT molecular complexity index is 567. The topological polar surface area (TPSA) is 63.1 Å². The summed E-state index contributed by atoms with van der Waals surface area (Å²) in [6, 6.07) is 3.97. The smallest absolute Gasteiger partial charge is 0.354 e. The third-order valence-corrected chi connectivity index (χ3v) is 2.00. The molecule has 2 aromatic rings. The highest BCUT2D eigenvalue weighted by atomic mass is 19.1. The van der Waals surface area contributed by atoms with Crippen molar-refractivity contribution in [3.05, 3.63) is 47.8 Å². The van der Waals surface area contributed by atoms with Crippen molar-refractivity contribution in [2.45, 2.75) is 0 Å². The monoisotopic (exact) mass is 236 g/mol. The lowest BCUT2D eigenvalue weighted by Gasteiger charge is -2.01. The van der Waals surface area contributed by atoms with E-state index >= 15 is 0 Å². The molecule has 0 amide bonds. The normalized spacial score (nSPS) is 10.2. The van der Waals surface area contributed by atoms with E-state index in [4.69, 9.17) is 5.11 Å². The van der Waals surface area contributed by atoms with Gasteiger partial charge in [0.2, 0.25) is 0 Å². The number of aromatic nitrogens is 2. The quantitative estimate of drug-likeness (QED) is 0.867. The van der Waals surface area contributed by atoms with Crippen LogP contribution in [0.2, 0.25) is 0 Å². The molecule has 6 heteroatoms. The van der Waals surface area contributed by atoms with Gasteiger partial charge >= 0.3 is 5.97 Å². The van der Waals surface area contributed by atoms with Crippen molar-refractivity contribution >= 4 is 5.97 Å². The molecule has 0 spiro atoms. The number of nitrogens with zero attached hydrogens (tertiary/aromatic N) is 2. The van der Waals surface area contributed by atoms with E-state index in [1.54, 1.807) is 0 Å². The number of hydrogen-bond acceptors (Lipinski definition) is 3. The van der Waals surface area contributed by atoms with Gasteiger partial charge in [-0.1, -0.05) is 0 Å². The Kier molecular flexibility index (Phi) is 2.78. The van der Waals surface area contributed by atoms with E-state index in [1.807, 2.05) is 0 Å². The van der Waals surface area contributed by atoms with Crippen molar-refractivity contribution in [3.8, 4) is 11.4 Å². The Morgan fingerprint density at radius 3 is 2.41 bits per heavy atom. The van der Waals surface area contributed by atoms with Crippen molar-refractivity contribution < 1.29 is 18.7 Å². The van der Waals surface area contributed by atoms with Gasteiger partial charge in [0.1, 0.15) is 11.6 Å². The molecule has 0 bridgehead atoms. The molecule has 0 fully saturated rings. The molecule has 17 heavy (non-hydrogen) atoms. The third-order valence-electron chi connectivity index (χ3n) is 2.00. The minimum Gasteiger partial charge on any atom is -0.477 e. The van der Waals surface area contributed by atoms with Crippen molar-refractivity contribution in [1.29, 1.82) is 0 Å². The summed E-state index contributed by atoms with van der Waals surface area (Å²) in [7, 11) is 0. The molecule has 0 aliphatic heterocycles. The molecule has 2 rings (SSSR count). The number of hydrogen-bond donors (Lipinski definition) is 1. The highest BCUT2D eigenvalue weighted by Crippen LogP contribution is 2.17. The molecule has 1 N–H and O–H groups in total. The zero-order valence-electron chi connectivity index (χ0n) is 8.39. The minimum atomic E-state index is -1.23. The van der Waals surface area contributed by atoms with Gasteiger partial charge in [0, 0.05) is 17.8 Å². The Morgan fingerprint density at radius 1 is 1.18 bits per heavy atom. The number of benzene rings is 1. The SMILES string of the molecule is O=C(O)c1ccnc(-c2cc(F)cc(F)c2)n1. The summed E-state index contributed by atoms with van der Waals surface area (Å²) in [6.45, 7) is 0. The summed E-state index contributed by atoms with van der Waals surface area (Å²) >= 11 is 0. The van der Waals surface area contributed by atoms with Gasteiger partial charge in [-0.3, -0.25) is 0 Å². The largest absolute Gasteiger partial charge is 0.477 e. The molecule has 0 saturated heterocycles. The van der Waals surface area contributed by atoms with Crippen LogP contribution in [0.25, 0.3) is 11.4 Å². The number of carboxylic acid groups (broad SMARTS) is 1. The van der Waals surface area contributed by atoms with E-state index < -0.39 is 17.6 Å². The Hall–Kier alpha value is -2.37. The second-order valence-electron chi connectivity index (χ2n) is 3.23. The lowest BCUT2D eigenvalue weighted by molar-refractivity contribution is 0.0690. The van der Waals surface area contributed by atoms with Crippen molar-refractivity contribution in [3.63, 3.8) is 0 Å². The number of carbonyl (C=O) groups is 1. The van der Waals surface area contributed by atoms with Crippen LogP contribution in [-0.4, -0.2) is 21.0 Å². The number of aromatic carboxylic acids is 1. The van der Waals surface area contributed by atoms with Gasteiger partial charge in [0.25, 0.3) is 0 Å². The molecule has 1 aromatic carbocycles. The van der Waals surface area contributed by atoms with Gasteiger partial charge in [0.05, 0.1) is 0 Å². The number of carboxylic acids is 1. The average molecular weight is 236 g/mol. The predicted octanol–water partition coefficient (Wildman–Crippen LogP) is 2.12. The maximum atomic E-state index is 13.0. The van der Waals surface area contributed by atoms with Gasteiger partial charge in [0.15, 0.2) is 11.5 Å². The van der Waals surface area contributed by atoms with Gasteiger partial charge < -0.3 is 5.11 Å². The predicted molar refractivity (Wildman–Crippen MR) is 54.3 cm³/mol. The van der Waals surface area contributed by atoms with Crippen molar-refractivity contribution in [1.82, 2.24) is 9.97 Å². The highest BCUT2D eigenvalue weighted by molar-refractivity contribution is 5.85. The zero-order chi connectivity index (χ0) is 12.4. The zero-order valence-corrected chi connectivity index (χ0v) is 8.39. The minimum absolute atomic E-state index is 0.0386. The first kappa shape index (κ1) is 11.1. The first-order valence-electron chi connectivity index (χ1n) is 4.59. The lowest BCUT2D eigenvalue weighted by Crippen LogP contribution is -2.02. The van der Waals surface area contributed by atoms with E-state index in [0.29, 0.717) is 6.07 Å². The Labute approximate surface area is 94.6 Å². The molecular weight excluding hydrogens is 230 g/mol. The molecule has 1 heterocycles. The van der Waals surface area contributed by atoms with Crippen LogP contribution in [0, 0.1) is 11.6 Å². The van der Waals surface area contributed by atoms with Crippen molar-refractivity contribution in [2.75, 3.05) is 0 Å². The summed E-state index contributed by atoms with van der Waals surface area (Å²) in [5.74, 6) is -2.82.